The Balaban J connectivity index is 2.29. The summed E-state index contributed by atoms with van der Waals surface area (Å²) in [5, 5.41) is 3.44. The van der Waals surface area contributed by atoms with Gasteiger partial charge >= 0.3 is 0 Å². The molecule has 0 aliphatic carbocycles. The molecule has 0 amide bonds. The summed E-state index contributed by atoms with van der Waals surface area (Å²) in [6.45, 7) is 0.593. The van der Waals surface area contributed by atoms with Gasteiger partial charge in [0.05, 0.1) is 10.7 Å². The number of halogens is 2. The van der Waals surface area contributed by atoms with Gasteiger partial charge in [0.15, 0.2) is 0 Å². The van der Waals surface area contributed by atoms with Gasteiger partial charge in [0.25, 0.3) is 10.0 Å². The maximum atomic E-state index is 12.4. The second-order valence-electron chi connectivity index (χ2n) is 4.54. The smallest absolute Gasteiger partial charge is 0.263 e. The van der Waals surface area contributed by atoms with Crippen LogP contribution in [-0.2, 0) is 23.6 Å². The number of aryl methyl sites for hydroxylation is 1. The van der Waals surface area contributed by atoms with Gasteiger partial charge in [-0.25, -0.2) is 8.42 Å². The van der Waals surface area contributed by atoms with E-state index in [9.17, 15) is 8.42 Å². The lowest BCUT2D eigenvalue weighted by atomic mass is 10.3. The van der Waals surface area contributed by atoms with Crippen LogP contribution < -0.4 is 10.0 Å². The molecule has 0 unspecified atom stereocenters. The summed E-state index contributed by atoms with van der Waals surface area (Å²) < 4.78 is 29.7. The fourth-order valence-corrected chi connectivity index (χ4v) is 3.42. The van der Waals surface area contributed by atoms with Crippen LogP contribution in [0.4, 0.5) is 5.69 Å². The zero-order valence-electron chi connectivity index (χ0n) is 11.5. The molecule has 114 valence electrons. The van der Waals surface area contributed by atoms with E-state index in [4.69, 9.17) is 11.6 Å². The molecular formula is C13H15BrClN3O2S. The second kappa shape index (κ2) is 6.39. The Kier molecular flexibility index (Phi) is 4.98. The molecule has 1 heterocycles. The topological polar surface area (TPSA) is 63.1 Å². The third-order valence-corrected chi connectivity index (χ3v) is 5.50. The molecule has 0 fully saturated rings. The lowest BCUT2D eigenvalue weighted by Gasteiger charge is -2.07. The second-order valence-corrected chi connectivity index (χ2v) is 7.49. The van der Waals surface area contributed by atoms with Crippen LogP contribution in [0.25, 0.3) is 0 Å². The first kappa shape index (κ1) is 16.4. The zero-order chi connectivity index (χ0) is 15.6. The minimum Gasteiger partial charge on any atom is -0.352 e. The molecule has 8 heteroatoms. The standard InChI is InChI=1S/C13H15BrClN3O2S/c1-16-7-10-6-11(8-18(10)2)21(19,20)17-9-3-4-12(14)13(15)5-9/h3-6,8,16-17H,7H2,1-2H3. The van der Waals surface area contributed by atoms with E-state index in [0.717, 1.165) is 5.69 Å². The highest BCUT2D eigenvalue weighted by atomic mass is 79.9. The van der Waals surface area contributed by atoms with Crippen molar-refractivity contribution in [2.75, 3.05) is 11.8 Å². The summed E-state index contributed by atoms with van der Waals surface area (Å²) in [5.41, 5.74) is 1.30. The molecule has 0 saturated carbocycles. The number of nitrogens with zero attached hydrogens (tertiary/aromatic N) is 1. The number of benzene rings is 1. The lowest BCUT2D eigenvalue weighted by Crippen LogP contribution is -2.12. The minimum absolute atomic E-state index is 0.217. The van der Waals surface area contributed by atoms with Crippen molar-refractivity contribution in [3.63, 3.8) is 0 Å². The van der Waals surface area contributed by atoms with Gasteiger partial charge in [-0.2, -0.15) is 0 Å². The lowest BCUT2D eigenvalue weighted by molar-refractivity contribution is 0.601. The quantitative estimate of drug-likeness (QED) is 0.822. The average molecular weight is 393 g/mol. The molecule has 2 aromatic rings. The molecule has 0 aliphatic heterocycles. The van der Waals surface area contributed by atoms with Gasteiger partial charge in [0.1, 0.15) is 4.90 Å². The summed E-state index contributed by atoms with van der Waals surface area (Å²) >= 11 is 9.23. The SMILES string of the molecule is CNCc1cc(S(=O)(=O)Nc2ccc(Br)c(Cl)c2)cn1C. The van der Waals surface area contributed by atoms with E-state index in [-0.39, 0.29) is 4.90 Å². The fraction of sp³-hybridized carbons (Fsp3) is 0.231. The Morgan fingerprint density at radius 2 is 2.05 bits per heavy atom. The summed E-state index contributed by atoms with van der Waals surface area (Å²) in [7, 11) is -0.0190. The van der Waals surface area contributed by atoms with Crippen LogP contribution in [0.5, 0.6) is 0 Å². The van der Waals surface area contributed by atoms with Crippen molar-refractivity contribution in [2.24, 2.45) is 7.05 Å². The van der Waals surface area contributed by atoms with Crippen molar-refractivity contribution >= 4 is 43.2 Å². The molecule has 0 aliphatic rings. The number of hydrogen-bond donors (Lipinski definition) is 2. The Morgan fingerprint density at radius 3 is 2.67 bits per heavy atom. The minimum atomic E-state index is -3.64. The Morgan fingerprint density at radius 1 is 1.33 bits per heavy atom. The van der Waals surface area contributed by atoms with E-state index in [1.54, 1.807) is 35.0 Å². The third-order valence-electron chi connectivity index (χ3n) is 2.92. The van der Waals surface area contributed by atoms with Gasteiger partial charge in [-0.15, -0.1) is 0 Å². The van der Waals surface area contributed by atoms with Crippen LogP contribution in [0, 0.1) is 0 Å². The van der Waals surface area contributed by atoms with Crippen LogP contribution in [0.2, 0.25) is 5.02 Å². The number of sulfonamides is 1. The third kappa shape index (κ3) is 3.79. The summed E-state index contributed by atoms with van der Waals surface area (Å²) in [5.74, 6) is 0. The Bertz CT molecular complexity index is 759. The monoisotopic (exact) mass is 391 g/mol. The highest BCUT2D eigenvalue weighted by Crippen LogP contribution is 2.27. The molecule has 1 aromatic heterocycles. The summed E-state index contributed by atoms with van der Waals surface area (Å²) in [4.78, 5) is 0.217. The Labute approximate surface area is 137 Å². The predicted molar refractivity (Wildman–Crippen MR) is 88.1 cm³/mol. The van der Waals surface area contributed by atoms with E-state index in [1.165, 1.54) is 0 Å². The van der Waals surface area contributed by atoms with Crippen LogP contribution in [0.1, 0.15) is 5.69 Å². The molecule has 0 atom stereocenters. The first-order valence-corrected chi connectivity index (χ1v) is 8.76. The maximum absolute atomic E-state index is 12.4. The molecule has 2 rings (SSSR count). The van der Waals surface area contributed by atoms with Gasteiger partial charge in [-0.3, -0.25) is 4.72 Å². The van der Waals surface area contributed by atoms with Crippen molar-refractivity contribution in [3.8, 4) is 0 Å². The molecule has 0 spiro atoms. The number of rotatable bonds is 5. The predicted octanol–water partition coefficient (Wildman–Crippen LogP) is 2.96. The number of anilines is 1. The number of hydrogen-bond acceptors (Lipinski definition) is 3. The van der Waals surface area contributed by atoms with Crippen molar-refractivity contribution in [1.29, 1.82) is 0 Å². The van der Waals surface area contributed by atoms with E-state index in [2.05, 4.69) is 26.0 Å². The fourth-order valence-electron chi connectivity index (χ4n) is 1.85. The number of nitrogens with one attached hydrogen (secondary N) is 2. The molecule has 5 nitrogen and oxygen atoms in total. The zero-order valence-corrected chi connectivity index (χ0v) is 14.7. The van der Waals surface area contributed by atoms with Crippen molar-refractivity contribution in [3.05, 3.63) is 45.7 Å². The van der Waals surface area contributed by atoms with Crippen LogP contribution >= 0.6 is 27.5 Å². The van der Waals surface area contributed by atoms with Gasteiger partial charge in [0, 0.05) is 30.0 Å². The van der Waals surface area contributed by atoms with Crippen LogP contribution in [0.15, 0.2) is 39.8 Å². The number of aromatic nitrogens is 1. The molecule has 2 N–H and O–H groups in total. The van der Waals surface area contributed by atoms with Gasteiger partial charge in [-0.05, 0) is 47.2 Å². The van der Waals surface area contributed by atoms with Crippen LogP contribution in [0.3, 0.4) is 0 Å². The first-order chi connectivity index (χ1) is 9.83. The normalized spacial score (nSPS) is 11.6. The Hall–Kier alpha value is -1.02. The van der Waals surface area contributed by atoms with E-state index in [0.29, 0.717) is 21.7 Å². The van der Waals surface area contributed by atoms with Crippen molar-refractivity contribution in [2.45, 2.75) is 11.4 Å². The van der Waals surface area contributed by atoms with Crippen LogP contribution in [-0.4, -0.2) is 20.0 Å². The molecular weight excluding hydrogens is 378 g/mol. The molecule has 0 bridgehead atoms. The van der Waals surface area contributed by atoms with Crippen molar-refractivity contribution in [1.82, 2.24) is 9.88 Å². The highest BCUT2D eigenvalue weighted by Gasteiger charge is 2.18. The molecule has 1 aromatic carbocycles. The van der Waals surface area contributed by atoms with Gasteiger partial charge in [-0.1, -0.05) is 11.6 Å². The van der Waals surface area contributed by atoms with Crippen molar-refractivity contribution < 1.29 is 8.42 Å². The van der Waals surface area contributed by atoms with Gasteiger partial charge in [0.2, 0.25) is 0 Å². The summed E-state index contributed by atoms with van der Waals surface area (Å²) in [6.07, 6.45) is 1.58. The summed E-state index contributed by atoms with van der Waals surface area (Å²) in [6, 6.07) is 6.53. The van der Waals surface area contributed by atoms with E-state index in [1.807, 2.05) is 14.1 Å². The molecule has 0 saturated heterocycles. The highest BCUT2D eigenvalue weighted by molar-refractivity contribution is 9.10. The van der Waals surface area contributed by atoms with E-state index < -0.39 is 10.0 Å². The van der Waals surface area contributed by atoms with E-state index >= 15 is 0 Å². The largest absolute Gasteiger partial charge is 0.352 e. The molecule has 21 heavy (non-hydrogen) atoms. The first-order valence-electron chi connectivity index (χ1n) is 6.11. The van der Waals surface area contributed by atoms with Gasteiger partial charge < -0.3 is 9.88 Å². The molecule has 0 radical (unpaired) electrons. The maximum Gasteiger partial charge on any atom is 0.263 e. The average Bonchev–Trinajstić information content (AvgIpc) is 2.77.